The second kappa shape index (κ2) is 6.01. The van der Waals surface area contributed by atoms with Crippen LogP contribution < -0.4 is 0 Å². The summed E-state index contributed by atoms with van der Waals surface area (Å²) in [5.41, 5.74) is 5.76. The Hall–Kier alpha value is -2.09. The first-order valence-electron chi connectivity index (χ1n) is 9.09. The minimum absolute atomic E-state index is 0.0589. The molecule has 25 heavy (non-hydrogen) atoms. The largest absolute Gasteiger partial charge is 0.392 e. The first kappa shape index (κ1) is 16.4. The topological polar surface area (TPSA) is 52.2 Å². The summed E-state index contributed by atoms with van der Waals surface area (Å²) >= 11 is 0. The first-order valence-corrected chi connectivity index (χ1v) is 9.09. The molecule has 1 spiro atoms. The average molecular weight is 335 g/mol. The van der Waals surface area contributed by atoms with Crippen LogP contribution in [0.15, 0.2) is 30.3 Å². The van der Waals surface area contributed by atoms with Gasteiger partial charge in [-0.25, -0.2) is 0 Å². The zero-order chi connectivity index (χ0) is 17.6. The van der Waals surface area contributed by atoms with Crippen LogP contribution in [-0.4, -0.2) is 33.8 Å². The van der Waals surface area contributed by atoms with Gasteiger partial charge in [0.1, 0.15) is 11.8 Å². The molecule has 1 unspecified atom stereocenters. The third-order valence-electron chi connectivity index (χ3n) is 6.50. The van der Waals surface area contributed by atoms with Gasteiger partial charge in [-0.15, -0.1) is 0 Å². The van der Waals surface area contributed by atoms with Crippen LogP contribution in [-0.2, 0) is 25.4 Å². The molecule has 0 amide bonds. The zero-order valence-corrected chi connectivity index (χ0v) is 15.0. The monoisotopic (exact) mass is 335 g/mol. The van der Waals surface area contributed by atoms with Gasteiger partial charge in [0, 0.05) is 24.7 Å². The van der Waals surface area contributed by atoms with Crippen LogP contribution in [0.2, 0.25) is 0 Å². The van der Waals surface area contributed by atoms with E-state index in [9.17, 15) is 10.4 Å². The Labute approximate surface area is 149 Å². The number of aliphatic hydroxyl groups is 1. The highest BCUT2D eigenvalue weighted by Gasteiger charge is 2.47. The minimum atomic E-state index is -0.254. The predicted molar refractivity (Wildman–Crippen MR) is 97.2 cm³/mol. The second-order valence-corrected chi connectivity index (χ2v) is 7.62. The maximum Gasteiger partial charge on any atom is 0.120 e. The van der Waals surface area contributed by atoms with Gasteiger partial charge in [0.15, 0.2) is 0 Å². The SMILES string of the molecule is Cc1c(CN2CCC3(CC2)c2ccccc2CC3O)cc(C#N)n1C. The fourth-order valence-electron chi connectivity index (χ4n) is 4.75. The van der Waals surface area contributed by atoms with Gasteiger partial charge in [0.25, 0.3) is 0 Å². The van der Waals surface area contributed by atoms with Gasteiger partial charge >= 0.3 is 0 Å². The molecule has 1 atom stereocenters. The van der Waals surface area contributed by atoms with Crippen LogP contribution >= 0.6 is 0 Å². The summed E-state index contributed by atoms with van der Waals surface area (Å²) in [7, 11) is 1.95. The van der Waals surface area contributed by atoms with Crippen LogP contribution in [0.1, 0.15) is 40.9 Å². The van der Waals surface area contributed by atoms with Crippen molar-refractivity contribution in [1.82, 2.24) is 9.47 Å². The van der Waals surface area contributed by atoms with Gasteiger partial charge < -0.3 is 9.67 Å². The van der Waals surface area contributed by atoms with Crippen molar-refractivity contribution in [3.8, 4) is 6.07 Å². The fourth-order valence-corrected chi connectivity index (χ4v) is 4.75. The number of hydrogen-bond donors (Lipinski definition) is 1. The molecule has 2 aliphatic rings. The highest BCUT2D eigenvalue weighted by Crippen LogP contribution is 2.46. The van der Waals surface area contributed by atoms with E-state index in [1.807, 2.05) is 17.7 Å². The number of piperidine rings is 1. The predicted octanol–water partition coefficient (Wildman–Crippen LogP) is 2.66. The number of nitrogens with zero attached hydrogens (tertiary/aromatic N) is 3. The molecule has 1 aromatic carbocycles. The summed E-state index contributed by atoms with van der Waals surface area (Å²) in [4.78, 5) is 2.46. The van der Waals surface area contributed by atoms with Crippen molar-refractivity contribution < 1.29 is 5.11 Å². The molecule has 1 aliphatic heterocycles. The first-order chi connectivity index (χ1) is 12.0. The van der Waals surface area contributed by atoms with E-state index in [2.05, 4.69) is 42.2 Å². The zero-order valence-electron chi connectivity index (χ0n) is 15.0. The van der Waals surface area contributed by atoms with Crippen molar-refractivity contribution in [2.75, 3.05) is 13.1 Å². The molecule has 130 valence electrons. The third-order valence-corrected chi connectivity index (χ3v) is 6.50. The molecule has 4 rings (SSSR count). The average Bonchev–Trinajstić information content (AvgIpc) is 3.06. The molecule has 1 aromatic heterocycles. The number of fused-ring (bicyclic) bond motifs is 2. The fraction of sp³-hybridized carbons (Fsp3) is 0.476. The number of aliphatic hydroxyl groups excluding tert-OH is 1. The van der Waals surface area contributed by atoms with E-state index in [1.54, 1.807) is 0 Å². The quantitative estimate of drug-likeness (QED) is 0.918. The lowest BCUT2D eigenvalue weighted by Crippen LogP contribution is -2.47. The van der Waals surface area contributed by atoms with Crippen LogP contribution in [0.4, 0.5) is 0 Å². The molecule has 0 bridgehead atoms. The lowest BCUT2D eigenvalue weighted by molar-refractivity contribution is 0.0413. The maximum absolute atomic E-state index is 10.8. The molecule has 1 aliphatic carbocycles. The molecular formula is C21H25N3O. The Morgan fingerprint density at radius 1 is 1.28 bits per heavy atom. The van der Waals surface area contributed by atoms with Crippen LogP contribution in [0.3, 0.4) is 0 Å². The maximum atomic E-state index is 10.8. The minimum Gasteiger partial charge on any atom is -0.392 e. The number of hydrogen-bond acceptors (Lipinski definition) is 3. The van der Waals surface area contributed by atoms with Crippen molar-refractivity contribution in [3.05, 3.63) is 58.4 Å². The van der Waals surface area contributed by atoms with Crippen LogP contribution in [0.5, 0.6) is 0 Å². The number of nitriles is 1. The van der Waals surface area contributed by atoms with E-state index in [0.29, 0.717) is 0 Å². The normalized spacial score (nSPS) is 22.1. The molecule has 1 saturated heterocycles. The van der Waals surface area contributed by atoms with Gasteiger partial charge in [-0.2, -0.15) is 5.26 Å². The van der Waals surface area contributed by atoms with Crippen molar-refractivity contribution in [1.29, 1.82) is 5.26 Å². The highest BCUT2D eigenvalue weighted by molar-refractivity contribution is 5.42. The number of likely N-dealkylation sites (tertiary alicyclic amines) is 1. The Bertz CT molecular complexity index is 837. The van der Waals surface area contributed by atoms with Gasteiger partial charge in [-0.05, 0) is 62.0 Å². The molecule has 0 saturated carbocycles. The van der Waals surface area contributed by atoms with Crippen LogP contribution in [0, 0.1) is 18.3 Å². The number of benzene rings is 1. The van der Waals surface area contributed by atoms with Crippen LogP contribution in [0.25, 0.3) is 0 Å². The molecule has 4 heteroatoms. The van der Waals surface area contributed by atoms with Gasteiger partial charge in [-0.1, -0.05) is 24.3 Å². The van der Waals surface area contributed by atoms with E-state index < -0.39 is 0 Å². The summed E-state index contributed by atoms with van der Waals surface area (Å²) in [6.45, 7) is 4.94. The van der Waals surface area contributed by atoms with Crippen molar-refractivity contribution in [3.63, 3.8) is 0 Å². The Morgan fingerprint density at radius 3 is 2.68 bits per heavy atom. The number of aromatic nitrogens is 1. The van der Waals surface area contributed by atoms with Gasteiger partial charge in [0.05, 0.1) is 6.10 Å². The summed E-state index contributed by atoms with van der Waals surface area (Å²) in [5, 5.41) is 20.0. The van der Waals surface area contributed by atoms with E-state index in [4.69, 9.17) is 0 Å². The summed E-state index contributed by atoms with van der Waals surface area (Å²) in [6, 6.07) is 12.8. The molecule has 1 N–H and O–H groups in total. The Kier molecular flexibility index (Phi) is 3.94. The molecule has 4 nitrogen and oxygen atoms in total. The van der Waals surface area contributed by atoms with E-state index in [1.165, 1.54) is 22.4 Å². The Balaban J connectivity index is 1.50. The number of rotatable bonds is 2. The van der Waals surface area contributed by atoms with Gasteiger partial charge in [-0.3, -0.25) is 4.90 Å². The summed E-state index contributed by atoms with van der Waals surface area (Å²) < 4.78 is 1.97. The summed E-state index contributed by atoms with van der Waals surface area (Å²) in [5.74, 6) is 0. The second-order valence-electron chi connectivity index (χ2n) is 7.62. The van der Waals surface area contributed by atoms with Crippen molar-refractivity contribution >= 4 is 0 Å². The van der Waals surface area contributed by atoms with E-state index >= 15 is 0 Å². The lowest BCUT2D eigenvalue weighted by Gasteiger charge is -2.42. The van der Waals surface area contributed by atoms with Crippen molar-refractivity contribution in [2.45, 2.75) is 44.2 Å². The molecule has 1 fully saturated rings. The molecule has 0 radical (unpaired) electrons. The van der Waals surface area contributed by atoms with Gasteiger partial charge in [0.2, 0.25) is 0 Å². The van der Waals surface area contributed by atoms with E-state index in [0.717, 1.165) is 44.6 Å². The van der Waals surface area contributed by atoms with E-state index in [-0.39, 0.29) is 11.5 Å². The standard InChI is InChI=1S/C21H25N3O/c1-15-17(11-18(13-22)23(15)2)14-24-9-7-21(8-10-24)19-6-4-3-5-16(19)12-20(21)25/h3-6,11,20,25H,7-10,12,14H2,1-2H3. The van der Waals surface area contributed by atoms with Crippen molar-refractivity contribution in [2.24, 2.45) is 7.05 Å². The lowest BCUT2D eigenvalue weighted by atomic mass is 9.72. The third kappa shape index (κ3) is 2.50. The molecular weight excluding hydrogens is 310 g/mol. The highest BCUT2D eigenvalue weighted by atomic mass is 16.3. The Morgan fingerprint density at radius 2 is 2.00 bits per heavy atom. The summed E-state index contributed by atoms with van der Waals surface area (Å²) in [6.07, 6.45) is 2.54. The smallest absolute Gasteiger partial charge is 0.120 e. The molecule has 2 aromatic rings. The molecule has 2 heterocycles.